The standard InChI is InChI=1S/C8H14N4S/c1-5-3-2-4-6(5)10-8-11-7(9)12-13-8/h5-6H,2-4H2,1H3,(H3,9,10,11,12). The topological polar surface area (TPSA) is 63.8 Å². The highest BCUT2D eigenvalue weighted by molar-refractivity contribution is 7.09. The molecule has 2 unspecified atom stereocenters. The van der Waals surface area contributed by atoms with Gasteiger partial charge in [0.25, 0.3) is 0 Å². The van der Waals surface area contributed by atoms with Gasteiger partial charge in [0.05, 0.1) is 0 Å². The first kappa shape index (κ1) is 8.74. The van der Waals surface area contributed by atoms with Gasteiger partial charge in [-0.15, -0.1) is 0 Å². The molecule has 0 aliphatic heterocycles. The second-order valence-electron chi connectivity index (χ2n) is 3.62. The molecule has 13 heavy (non-hydrogen) atoms. The highest BCUT2D eigenvalue weighted by Gasteiger charge is 2.23. The lowest BCUT2D eigenvalue weighted by Crippen LogP contribution is -2.21. The Morgan fingerprint density at radius 1 is 1.54 bits per heavy atom. The molecular weight excluding hydrogens is 184 g/mol. The molecule has 0 amide bonds. The number of aromatic nitrogens is 2. The van der Waals surface area contributed by atoms with Gasteiger partial charge in [-0.2, -0.15) is 9.36 Å². The summed E-state index contributed by atoms with van der Waals surface area (Å²) in [7, 11) is 0. The van der Waals surface area contributed by atoms with Gasteiger partial charge in [-0.25, -0.2) is 0 Å². The van der Waals surface area contributed by atoms with Crippen LogP contribution in [0, 0.1) is 5.92 Å². The number of anilines is 2. The lowest BCUT2D eigenvalue weighted by Gasteiger charge is -2.15. The first-order chi connectivity index (χ1) is 6.25. The van der Waals surface area contributed by atoms with E-state index in [1.807, 2.05) is 0 Å². The molecule has 1 heterocycles. The van der Waals surface area contributed by atoms with Gasteiger partial charge in [-0.05, 0) is 18.8 Å². The largest absolute Gasteiger partial charge is 0.367 e. The summed E-state index contributed by atoms with van der Waals surface area (Å²) in [6, 6.07) is 0.562. The predicted molar refractivity (Wildman–Crippen MR) is 54.7 cm³/mol. The molecule has 4 nitrogen and oxygen atoms in total. The van der Waals surface area contributed by atoms with Crippen molar-refractivity contribution >= 4 is 22.6 Å². The molecule has 2 rings (SSSR count). The Hall–Kier alpha value is -0.840. The van der Waals surface area contributed by atoms with E-state index < -0.39 is 0 Å². The van der Waals surface area contributed by atoms with E-state index in [0.717, 1.165) is 11.0 Å². The zero-order chi connectivity index (χ0) is 9.26. The maximum Gasteiger partial charge on any atom is 0.233 e. The van der Waals surface area contributed by atoms with E-state index in [2.05, 4.69) is 21.6 Å². The fraction of sp³-hybridized carbons (Fsp3) is 0.750. The van der Waals surface area contributed by atoms with Gasteiger partial charge < -0.3 is 11.1 Å². The smallest absolute Gasteiger partial charge is 0.233 e. The average molecular weight is 198 g/mol. The van der Waals surface area contributed by atoms with Crippen molar-refractivity contribution in [2.75, 3.05) is 11.1 Å². The van der Waals surface area contributed by atoms with Gasteiger partial charge in [-0.1, -0.05) is 13.3 Å². The van der Waals surface area contributed by atoms with Crippen LogP contribution in [-0.2, 0) is 0 Å². The molecule has 5 heteroatoms. The highest BCUT2D eigenvalue weighted by Crippen LogP contribution is 2.28. The van der Waals surface area contributed by atoms with Gasteiger partial charge in [0.15, 0.2) is 0 Å². The van der Waals surface area contributed by atoms with Crippen molar-refractivity contribution in [3.05, 3.63) is 0 Å². The number of nitrogens with zero attached hydrogens (tertiary/aromatic N) is 2. The average Bonchev–Trinajstić information content (AvgIpc) is 2.64. The highest BCUT2D eigenvalue weighted by atomic mass is 32.1. The third kappa shape index (κ3) is 1.91. The van der Waals surface area contributed by atoms with Crippen molar-refractivity contribution in [1.82, 2.24) is 9.36 Å². The van der Waals surface area contributed by atoms with Crippen LogP contribution in [0.15, 0.2) is 0 Å². The Balaban J connectivity index is 1.97. The summed E-state index contributed by atoms with van der Waals surface area (Å²) in [4.78, 5) is 4.08. The minimum Gasteiger partial charge on any atom is -0.367 e. The molecule has 1 aliphatic rings. The fourth-order valence-electron chi connectivity index (χ4n) is 1.81. The Morgan fingerprint density at radius 3 is 2.92 bits per heavy atom. The third-order valence-corrected chi connectivity index (χ3v) is 3.27. The van der Waals surface area contributed by atoms with E-state index in [-0.39, 0.29) is 0 Å². The van der Waals surface area contributed by atoms with E-state index >= 15 is 0 Å². The normalized spacial score (nSPS) is 27.8. The molecule has 72 valence electrons. The summed E-state index contributed by atoms with van der Waals surface area (Å²) < 4.78 is 3.93. The lowest BCUT2D eigenvalue weighted by atomic mass is 10.1. The van der Waals surface area contributed by atoms with Gasteiger partial charge in [0.2, 0.25) is 11.1 Å². The Bertz CT molecular complexity index is 285. The van der Waals surface area contributed by atoms with Crippen LogP contribution >= 0.6 is 11.5 Å². The summed E-state index contributed by atoms with van der Waals surface area (Å²) in [6.07, 6.45) is 3.86. The molecule has 1 aliphatic carbocycles. The SMILES string of the molecule is CC1CCCC1Nc1nc(N)ns1. The quantitative estimate of drug-likeness (QED) is 0.759. The fourth-order valence-corrected chi connectivity index (χ4v) is 2.37. The maximum absolute atomic E-state index is 5.44. The number of rotatable bonds is 2. The first-order valence-corrected chi connectivity index (χ1v) is 5.39. The van der Waals surface area contributed by atoms with E-state index in [0.29, 0.717) is 12.0 Å². The first-order valence-electron chi connectivity index (χ1n) is 4.61. The predicted octanol–water partition coefficient (Wildman–Crippen LogP) is 1.72. The Labute approximate surface area is 81.7 Å². The van der Waals surface area contributed by atoms with Crippen molar-refractivity contribution in [3.63, 3.8) is 0 Å². The Kier molecular flexibility index (Phi) is 2.35. The Morgan fingerprint density at radius 2 is 2.38 bits per heavy atom. The van der Waals surface area contributed by atoms with Gasteiger partial charge in [0.1, 0.15) is 0 Å². The number of nitrogens with two attached hydrogens (primary N) is 1. The van der Waals surface area contributed by atoms with Crippen LogP contribution in [0.4, 0.5) is 11.1 Å². The molecule has 0 bridgehead atoms. The van der Waals surface area contributed by atoms with Crippen LogP contribution in [0.25, 0.3) is 0 Å². The second-order valence-corrected chi connectivity index (χ2v) is 4.37. The van der Waals surface area contributed by atoms with Crippen molar-refractivity contribution in [1.29, 1.82) is 0 Å². The van der Waals surface area contributed by atoms with Crippen LogP contribution in [0.5, 0.6) is 0 Å². The van der Waals surface area contributed by atoms with Crippen LogP contribution < -0.4 is 11.1 Å². The van der Waals surface area contributed by atoms with E-state index in [1.165, 1.54) is 30.8 Å². The molecule has 0 aromatic carbocycles. The number of nitrogen functional groups attached to an aromatic ring is 1. The van der Waals surface area contributed by atoms with Crippen LogP contribution in [0.1, 0.15) is 26.2 Å². The lowest BCUT2D eigenvalue weighted by molar-refractivity contribution is 0.556. The third-order valence-electron chi connectivity index (χ3n) is 2.61. The zero-order valence-electron chi connectivity index (χ0n) is 7.66. The molecule has 1 saturated carbocycles. The number of hydrogen-bond acceptors (Lipinski definition) is 5. The minimum atomic E-state index is 0.373. The molecule has 0 spiro atoms. The van der Waals surface area contributed by atoms with Gasteiger partial charge >= 0.3 is 0 Å². The molecule has 1 fully saturated rings. The van der Waals surface area contributed by atoms with E-state index in [4.69, 9.17) is 5.73 Å². The van der Waals surface area contributed by atoms with Crippen LogP contribution in [0.2, 0.25) is 0 Å². The molecular formula is C8H14N4S. The van der Waals surface area contributed by atoms with Crippen molar-refractivity contribution in [2.24, 2.45) is 5.92 Å². The van der Waals surface area contributed by atoms with E-state index in [9.17, 15) is 0 Å². The zero-order valence-corrected chi connectivity index (χ0v) is 8.47. The summed E-state index contributed by atoms with van der Waals surface area (Å²) in [5, 5.41) is 4.23. The monoisotopic (exact) mass is 198 g/mol. The van der Waals surface area contributed by atoms with Crippen LogP contribution in [-0.4, -0.2) is 15.4 Å². The number of nitrogens with one attached hydrogen (secondary N) is 1. The van der Waals surface area contributed by atoms with Crippen molar-refractivity contribution < 1.29 is 0 Å². The molecule has 0 radical (unpaired) electrons. The number of hydrogen-bond donors (Lipinski definition) is 2. The minimum absolute atomic E-state index is 0.373. The van der Waals surface area contributed by atoms with Crippen molar-refractivity contribution in [2.45, 2.75) is 32.2 Å². The molecule has 1 aromatic heterocycles. The van der Waals surface area contributed by atoms with E-state index in [1.54, 1.807) is 0 Å². The summed E-state index contributed by atoms with van der Waals surface area (Å²) >= 11 is 1.34. The summed E-state index contributed by atoms with van der Waals surface area (Å²) in [5.41, 5.74) is 5.44. The van der Waals surface area contributed by atoms with Crippen LogP contribution in [0.3, 0.4) is 0 Å². The molecule has 2 atom stereocenters. The summed E-state index contributed by atoms with van der Waals surface area (Å²) in [6.45, 7) is 2.27. The summed E-state index contributed by atoms with van der Waals surface area (Å²) in [5.74, 6) is 1.11. The maximum atomic E-state index is 5.44. The second kappa shape index (κ2) is 3.49. The van der Waals surface area contributed by atoms with Crippen molar-refractivity contribution in [3.8, 4) is 0 Å². The van der Waals surface area contributed by atoms with Gasteiger partial charge in [0, 0.05) is 17.6 Å². The molecule has 3 N–H and O–H groups in total. The molecule has 0 saturated heterocycles. The van der Waals surface area contributed by atoms with Gasteiger partial charge in [-0.3, -0.25) is 0 Å². The molecule has 1 aromatic rings.